The number of nitrogens with zero attached hydrogens (tertiary/aromatic N) is 6. The highest BCUT2D eigenvalue weighted by molar-refractivity contribution is 5.83. The lowest BCUT2D eigenvalue weighted by Gasteiger charge is -2.09. The molecule has 0 spiro atoms. The van der Waals surface area contributed by atoms with Gasteiger partial charge in [0, 0.05) is 25.4 Å². The summed E-state index contributed by atoms with van der Waals surface area (Å²) in [5.41, 5.74) is 1.50. The van der Waals surface area contributed by atoms with Gasteiger partial charge in [0.25, 0.3) is 0 Å². The monoisotopic (exact) mass is 390 g/mol. The van der Waals surface area contributed by atoms with Crippen molar-refractivity contribution in [3.8, 4) is 28.8 Å². The second-order valence-electron chi connectivity index (χ2n) is 5.81. The number of hydrogen-bond acceptors (Lipinski definition) is 6. The Morgan fingerprint density at radius 1 is 1.07 bits per heavy atom. The molecule has 4 aromatic rings. The summed E-state index contributed by atoms with van der Waals surface area (Å²) in [6.07, 6.45) is -1.45. The molecular weight excluding hydrogens is 377 g/mol. The Kier molecular flexibility index (Phi) is 4.13. The van der Waals surface area contributed by atoms with E-state index < -0.39 is 6.36 Å². The zero-order chi connectivity index (χ0) is 19.9. The minimum atomic E-state index is -4.79. The Labute approximate surface area is 156 Å². The number of rotatable bonds is 4. The van der Waals surface area contributed by atoms with Gasteiger partial charge in [0.2, 0.25) is 5.88 Å². The van der Waals surface area contributed by atoms with E-state index in [1.807, 2.05) is 0 Å². The molecule has 0 aliphatic carbocycles. The third-order valence-corrected chi connectivity index (χ3v) is 3.89. The van der Waals surface area contributed by atoms with Crippen molar-refractivity contribution in [1.82, 2.24) is 29.5 Å². The van der Waals surface area contributed by atoms with Crippen LogP contribution in [0.4, 0.5) is 13.2 Å². The molecular formula is C17H13F3N6O2. The number of imidazole rings is 1. The van der Waals surface area contributed by atoms with Gasteiger partial charge in [-0.1, -0.05) is 0 Å². The number of benzene rings is 1. The quantitative estimate of drug-likeness (QED) is 0.533. The fourth-order valence-corrected chi connectivity index (χ4v) is 2.76. The molecule has 0 bridgehead atoms. The highest BCUT2D eigenvalue weighted by Crippen LogP contribution is 2.31. The van der Waals surface area contributed by atoms with Gasteiger partial charge >= 0.3 is 6.36 Å². The van der Waals surface area contributed by atoms with Crippen molar-refractivity contribution in [1.29, 1.82) is 0 Å². The van der Waals surface area contributed by atoms with Crippen molar-refractivity contribution in [3.63, 3.8) is 0 Å². The van der Waals surface area contributed by atoms with Crippen LogP contribution >= 0.6 is 0 Å². The summed E-state index contributed by atoms with van der Waals surface area (Å²) in [5.74, 6) is 0.846. The van der Waals surface area contributed by atoms with E-state index in [1.165, 1.54) is 25.3 Å². The average molecular weight is 390 g/mol. The minimum absolute atomic E-state index is 0.304. The van der Waals surface area contributed by atoms with Gasteiger partial charge in [0.1, 0.15) is 11.6 Å². The molecule has 8 nitrogen and oxygen atoms in total. The number of alkyl halides is 3. The molecule has 3 aromatic heterocycles. The van der Waals surface area contributed by atoms with Crippen molar-refractivity contribution in [2.24, 2.45) is 7.05 Å². The minimum Gasteiger partial charge on any atom is -0.480 e. The van der Waals surface area contributed by atoms with E-state index in [-0.39, 0.29) is 5.75 Å². The zero-order valence-electron chi connectivity index (χ0n) is 14.7. The fraction of sp³-hybridized carbons (Fsp3) is 0.176. The summed E-state index contributed by atoms with van der Waals surface area (Å²) < 4.78 is 49.9. The number of ether oxygens (including phenoxy) is 2. The maximum absolute atomic E-state index is 12.5. The summed E-state index contributed by atoms with van der Waals surface area (Å²) in [5, 5.41) is 12.2. The molecule has 0 saturated carbocycles. The van der Waals surface area contributed by atoms with E-state index in [1.54, 1.807) is 40.8 Å². The molecule has 0 fully saturated rings. The number of methoxy groups -OCH3 is 1. The van der Waals surface area contributed by atoms with E-state index >= 15 is 0 Å². The van der Waals surface area contributed by atoms with E-state index in [0.717, 1.165) is 0 Å². The third kappa shape index (κ3) is 3.33. The normalized spacial score (nSPS) is 11.8. The van der Waals surface area contributed by atoms with Gasteiger partial charge in [-0.05, 0) is 18.2 Å². The summed E-state index contributed by atoms with van der Waals surface area (Å²) in [6, 6.07) is 7.22. The number of fused-ring (bicyclic) bond motifs is 1. The number of halogens is 3. The fourth-order valence-electron chi connectivity index (χ4n) is 2.76. The van der Waals surface area contributed by atoms with Gasteiger partial charge in [0.05, 0.1) is 29.9 Å². The highest BCUT2D eigenvalue weighted by atomic mass is 19.4. The molecule has 0 radical (unpaired) electrons. The van der Waals surface area contributed by atoms with Crippen LogP contribution < -0.4 is 9.47 Å². The van der Waals surface area contributed by atoms with E-state index in [9.17, 15) is 13.2 Å². The molecule has 0 saturated heterocycles. The van der Waals surface area contributed by atoms with Crippen LogP contribution in [-0.4, -0.2) is 43.0 Å². The predicted octanol–water partition coefficient (Wildman–Crippen LogP) is 3.12. The Balaban J connectivity index is 1.91. The molecule has 4 rings (SSSR count). The molecule has 11 heteroatoms. The SMILES string of the molecule is COc1ccc(-n2c(-c3cnn(C)c3)nc3cc(OC(F)(F)F)ccc32)nn1. The second kappa shape index (κ2) is 6.51. The molecule has 1 aromatic carbocycles. The maximum Gasteiger partial charge on any atom is 0.573 e. The molecule has 144 valence electrons. The zero-order valence-corrected chi connectivity index (χ0v) is 14.7. The van der Waals surface area contributed by atoms with Crippen LogP contribution in [0.2, 0.25) is 0 Å². The van der Waals surface area contributed by atoms with Crippen LogP contribution in [0, 0.1) is 0 Å². The van der Waals surface area contributed by atoms with Gasteiger partial charge < -0.3 is 9.47 Å². The predicted molar refractivity (Wildman–Crippen MR) is 92.1 cm³/mol. The first-order valence-electron chi connectivity index (χ1n) is 7.99. The average Bonchev–Trinajstić information content (AvgIpc) is 3.23. The van der Waals surface area contributed by atoms with Crippen molar-refractivity contribution >= 4 is 11.0 Å². The molecule has 0 N–H and O–H groups in total. The van der Waals surface area contributed by atoms with E-state index in [4.69, 9.17) is 4.74 Å². The van der Waals surface area contributed by atoms with Gasteiger partial charge in [-0.2, -0.15) is 5.10 Å². The van der Waals surface area contributed by atoms with Crippen LogP contribution in [-0.2, 0) is 7.05 Å². The summed E-state index contributed by atoms with van der Waals surface area (Å²) in [7, 11) is 3.22. The molecule has 0 unspecified atom stereocenters. The molecule has 3 heterocycles. The summed E-state index contributed by atoms with van der Waals surface area (Å²) in [4.78, 5) is 4.47. The molecule has 0 atom stereocenters. The standard InChI is InChI=1S/C17H13F3N6O2/c1-25-9-10(8-21-25)16-22-12-7-11(28-17(18,19)20)3-4-13(12)26(16)14-5-6-15(27-2)24-23-14/h3-9H,1-2H3. The van der Waals surface area contributed by atoms with Crippen LogP contribution in [0.3, 0.4) is 0 Å². The smallest absolute Gasteiger partial charge is 0.480 e. The van der Waals surface area contributed by atoms with Crippen LogP contribution in [0.1, 0.15) is 0 Å². The largest absolute Gasteiger partial charge is 0.573 e. The van der Waals surface area contributed by atoms with Crippen molar-refractivity contribution in [3.05, 3.63) is 42.7 Å². The maximum atomic E-state index is 12.5. The topological polar surface area (TPSA) is 79.9 Å². The van der Waals surface area contributed by atoms with Crippen LogP contribution in [0.15, 0.2) is 42.7 Å². The third-order valence-electron chi connectivity index (χ3n) is 3.89. The first-order valence-corrected chi connectivity index (χ1v) is 7.99. The van der Waals surface area contributed by atoms with Crippen molar-refractivity contribution < 1.29 is 22.6 Å². The lowest BCUT2D eigenvalue weighted by atomic mass is 10.3. The van der Waals surface area contributed by atoms with Gasteiger partial charge in [0.15, 0.2) is 5.82 Å². The van der Waals surface area contributed by atoms with E-state index in [2.05, 4.69) is 25.0 Å². The summed E-state index contributed by atoms with van der Waals surface area (Å²) >= 11 is 0. The van der Waals surface area contributed by atoms with Crippen LogP contribution in [0.5, 0.6) is 11.6 Å². The van der Waals surface area contributed by atoms with E-state index in [0.29, 0.717) is 34.1 Å². The van der Waals surface area contributed by atoms with Crippen LogP contribution in [0.25, 0.3) is 28.2 Å². The first kappa shape index (κ1) is 17.8. The molecule has 0 amide bonds. The van der Waals surface area contributed by atoms with Gasteiger partial charge in [-0.25, -0.2) is 4.98 Å². The lowest BCUT2D eigenvalue weighted by molar-refractivity contribution is -0.274. The van der Waals surface area contributed by atoms with Gasteiger partial charge in [-0.3, -0.25) is 9.25 Å². The molecule has 0 aliphatic heterocycles. The molecule has 0 aliphatic rings. The Hall–Kier alpha value is -3.63. The lowest BCUT2D eigenvalue weighted by Crippen LogP contribution is -2.17. The number of hydrogen-bond donors (Lipinski definition) is 0. The second-order valence-corrected chi connectivity index (χ2v) is 5.81. The Bertz CT molecular complexity index is 1130. The highest BCUT2D eigenvalue weighted by Gasteiger charge is 2.31. The Morgan fingerprint density at radius 2 is 1.89 bits per heavy atom. The summed E-state index contributed by atoms with van der Waals surface area (Å²) in [6.45, 7) is 0. The van der Waals surface area contributed by atoms with Gasteiger partial charge in [-0.15, -0.1) is 23.4 Å². The van der Waals surface area contributed by atoms with Crippen molar-refractivity contribution in [2.45, 2.75) is 6.36 Å². The number of aromatic nitrogens is 6. The number of aryl methyl sites for hydroxylation is 1. The molecule has 28 heavy (non-hydrogen) atoms. The van der Waals surface area contributed by atoms with Crippen molar-refractivity contribution in [2.75, 3.05) is 7.11 Å². The Morgan fingerprint density at radius 3 is 2.50 bits per heavy atom. The first-order chi connectivity index (χ1) is 13.3.